The lowest BCUT2D eigenvalue weighted by Crippen LogP contribution is -2.29. The molecule has 28 heavy (non-hydrogen) atoms. The molecule has 0 bridgehead atoms. The first-order chi connectivity index (χ1) is 13.7. The van der Waals surface area contributed by atoms with Crippen molar-refractivity contribution in [3.05, 3.63) is 36.5 Å². The highest BCUT2D eigenvalue weighted by atomic mass is 16.5. The first-order valence-corrected chi connectivity index (χ1v) is 10.0. The highest BCUT2D eigenvalue weighted by molar-refractivity contribution is 5.72. The van der Waals surface area contributed by atoms with Gasteiger partial charge in [0.25, 0.3) is 0 Å². The van der Waals surface area contributed by atoms with E-state index in [2.05, 4.69) is 10.3 Å². The molecule has 0 amide bonds. The van der Waals surface area contributed by atoms with Crippen LogP contribution in [-0.4, -0.2) is 36.8 Å². The van der Waals surface area contributed by atoms with E-state index in [1.165, 1.54) is 0 Å². The number of fused-ring (bicyclic) bond motifs is 1. The number of benzene rings is 1. The summed E-state index contributed by atoms with van der Waals surface area (Å²) >= 11 is 0. The second kappa shape index (κ2) is 8.50. The van der Waals surface area contributed by atoms with Gasteiger partial charge in [-0.2, -0.15) is 0 Å². The second-order valence-electron chi connectivity index (χ2n) is 7.21. The van der Waals surface area contributed by atoms with Crippen LogP contribution in [0, 0.1) is 5.92 Å². The van der Waals surface area contributed by atoms with Crippen LogP contribution < -0.4 is 14.8 Å². The fourth-order valence-corrected chi connectivity index (χ4v) is 3.78. The molecule has 0 unspecified atom stereocenters. The summed E-state index contributed by atoms with van der Waals surface area (Å²) in [5, 5.41) is 3.32. The zero-order valence-corrected chi connectivity index (χ0v) is 16.1. The summed E-state index contributed by atoms with van der Waals surface area (Å²) in [5.74, 6) is 1.57. The van der Waals surface area contributed by atoms with Crippen LogP contribution in [0.3, 0.4) is 0 Å². The maximum atomic E-state index is 11.8. The standard InChI is InChI=1S/C22H26N2O4/c1-2-26-22(25)15-3-6-17(7-4-15)28-18-8-10-19(24-14-18)16-5-9-20-21(13-16)27-12-11-23-20/h5,8-10,13-15,17,23H,2-4,6-7,11-12H2,1H3. The van der Waals surface area contributed by atoms with E-state index in [1.54, 1.807) is 6.20 Å². The molecule has 2 aromatic rings. The van der Waals surface area contributed by atoms with Gasteiger partial charge >= 0.3 is 5.97 Å². The van der Waals surface area contributed by atoms with E-state index in [4.69, 9.17) is 14.2 Å². The number of nitrogens with zero attached hydrogens (tertiary/aromatic N) is 1. The van der Waals surface area contributed by atoms with Gasteiger partial charge in [-0.1, -0.05) is 6.07 Å². The summed E-state index contributed by atoms with van der Waals surface area (Å²) in [5.41, 5.74) is 2.92. The predicted molar refractivity (Wildman–Crippen MR) is 107 cm³/mol. The summed E-state index contributed by atoms with van der Waals surface area (Å²) in [7, 11) is 0. The van der Waals surface area contributed by atoms with E-state index >= 15 is 0 Å². The Morgan fingerprint density at radius 2 is 2.07 bits per heavy atom. The normalized spacial score (nSPS) is 21.0. The number of rotatable bonds is 5. The first kappa shape index (κ1) is 18.6. The average Bonchev–Trinajstić information content (AvgIpc) is 2.75. The van der Waals surface area contributed by atoms with Crippen LogP contribution in [-0.2, 0) is 9.53 Å². The van der Waals surface area contributed by atoms with Crippen LogP contribution in [0.2, 0.25) is 0 Å². The minimum Gasteiger partial charge on any atom is -0.490 e. The molecule has 6 nitrogen and oxygen atoms in total. The molecule has 0 spiro atoms. The number of ether oxygens (including phenoxy) is 3. The molecule has 1 N–H and O–H groups in total. The van der Waals surface area contributed by atoms with Gasteiger partial charge in [-0.3, -0.25) is 9.78 Å². The molecule has 2 heterocycles. The van der Waals surface area contributed by atoms with Crippen LogP contribution in [0.5, 0.6) is 11.5 Å². The Hall–Kier alpha value is -2.76. The Bertz CT molecular complexity index is 814. The summed E-state index contributed by atoms with van der Waals surface area (Å²) in [6.07, 6.45) is 5.25. The smallest absolute Gasteiger partial charge is 0.308 e. The lowest BCUT2D eigenvalue weighted by atomic mass is 9.87. The van der Waals surface area contributed by atoms with Gasteiger partial charge in [0.1, 0.15) is 18.1 Å². The SMILES string of the molecule is CCOC(=O)C1CCC(Oc2ccc(-c3ccc4c(c3)OCCN4)nc2)CC1. The monoisotopic (exact) mass is 382 g/mol. The third kappa shape index (κ3) is 4.21. The van der Waals surface area contributed by atoms with Crippen LogP contribution in [0.1, 0.15) is 32.6 Å². The summed E-state index contributed by atoms with van der Waals surface area (Å²) in [4.78, 5) is 16.4. The molecule has 1 aliphatic carbocycles. The lowest BCUT2D eigenvalue weighted by Gasteiger charge is -2.27. The zero-order chi connectivity index (χ0) is 19.3. The van der Waals surface area contributed by atoms with E-state index in [-0.39, 0.29) is 18.0 Å². The number of carbonyl (C=O) groups is 1. The van der Waals surface area contributed by atoms with Crippen molar-refractivity contribution in [2.24, 2.45) is 5.92 Å². The number of hydrogen-bond donors (Lipinski definition) is 1. The van der Waals surface area contributed by atoms with Crippen molar-refractivity contribution in [2.45, 2.75) is 38.7 Å². The number of nitrogens with one attached hydrogen (secondary N) is 1. The molecule has 1 fully saturated rings. The molecule has 2 aliphatic rings. The zero-order valence-electron chi connectivity index (χ0n) is 16.1. The average molecular weight is 382 g/mol. The van der Waals surface area contributed by atoms with Crippen molar-refractivity contribution in [1.82, 2.24) is 4.98 Å². The van der Waals surface area contributed by atoms with E-state index in [9.17, 15) is 4.79 Å². The molecule has 0 saturated heterocycles. The Balaban J connectivity index is 1.35. The fraction of sp³-hybridized carbons (Fsp3) is 0.455. The van der Waals surface area contributed by atoms with Gasteiger partial charge in [0, 0.05) is 12.1 Å². The number of pyridine rings is 1. The molecular formula is C22H26N2O4. The summed E-state index contributed by atoms with van der Waals surface area (Å²) in [6, 6.07) is 10.0. The molecule has 1 aromatic carbocycles. The minimum absolute atomic E-state index is 0.0148. The van der Waals surface area contributed by atoms with Crippen LogP contribution in [0.15, 0.2) is 36.5 Å². The van der Waals surface area contributed by atoms with Gasteiger partial charge in [-0.15, -0.1) is 0 Å². The van der Waals surface area contributed by atoms with E-state index in [0.29, 0.717) is 13.2 Å². The third-order valence-corrected chi connectivity index (χ3v) is 5.29. The number of anilines is 1. The van der Waals surface area contributed by atoms with E-state index in [0.717, 1.165) is 60.7 Å². The number of esters is 1. The molecule has 0 atom stereocenters. The van der Waals surface area contributed by atoms with Crippen LogP contribution in [0.25, 0.3) is 11.3 Å². The fourth-order valence-electron chi connectivity index (χ4n) is 3.78. The number of hydrogen-bond acceptors (Lipinski definition) is 6. The van der Waals surface area contributed by atoms with Gasteiger partial charge < -0.3 is 19.5 Å². The van der Waals surface area contributed by atoms with Crippen LogP contribution >= 0.6 is 0 Å². The van der Waals surface area contributed by atoms with Gasteiger partial charge in [0.2, 0.25) is 0 Å². The molecule has 0 radical (unpaired) electrons. The van der Waals surface area contributed by atoms with Crippen molar-refractivity contribution in [1.29, 1.82) is 0 Å². The second-order valence-corrected chi connectivity index (χ2v) is 7.21. The van der Waals surface area contributed by atoms with E-state index in [1.807, 2.05) is 37.3 Å². The molecule has 148 valence electrons. The topological polar surface area (TPSA) is 69.7 Å². The molecule has 6 heteroatoms. The molecular weight excluding hydrogens is 356 g/mol. The van der Waals surface area contributed by atoms with Crippen molar-refractivity contribution in [3.8, 4) is 22.8 Å². The molecule has 1 saturated carbocycles. The molecule has 1 aliphatic heterocycles. The molecule has 1 aromatic heterocycles. The predicted octanol–water partition coefficient (Wildman–Crippen LogP) is 4.05. The highest BCUT2D eigenvalue weighted by Crippen LogP contribution is 2.33. The number of carbonyl (C=O) groups excluding carboxylic acids is 1. The first-order valence-electron chi connectivity index (χ1n) is 10.0. The van der Waals surface area contributed by atoms with Crippen molar-refractivity contribution >= 4 is 11.7 Å². The third-order valence-electron chi connectivity index (χ3n) is 5.29. The van der Waals surface area contributed by atoms with E-state index < -0.39 is 0 Å². The minimum atomic E-state index is -0.0730. The highest BCUT2D eigenvalue weighted by Gasteiger charge is 2.28. The maximum Gasteiger partial charge on any atom is 0.308 e. The van der Waals surface area contributed by atoms with Gasteiger partial charge in [0.05, 0.1) is 36.2 Å². The Kier molecular flexibility index (Phi) is 5.65. The van der Waals surface area contributed by atoms with Crippen LogP contribution in [0.4, 0.5) is 5.69 Å². The largest absolute Gasteiger partial charge is 0.490 e. The van der Waals surface area contributed by atoms with Crippen molar-refractivity contribution < 1.29 is 19.0 Å². The number of aromatic nitrogens is 1. The Morgan fingerprint density at radius 3 is 2.82 bits per heavy atom. The maximum absolute atomic E-state index is 11.8. The molecule has 4 rings (SSSR count). The van der Waals surface area contributed by atoms with Gasteiger partial charge in [-0.05, 0) is 56.9 Å². The Labute approximate surface area is 165 Å². The summed E-state index contributed by atoms with van der Waals surface area (Å²) < 4.78 is 16.9. The van der Waals surface area contributed by atoms with Crippen molar-refractivity contribution in [2.75, 3.05) is 25.1 Å². The Morgan fingerprint density at radius 1 is 1.21 bits per heavy atom. The van der Waals surface area contributed by atoms with Gasteiger partial charge in [-0.25, -0.2) is 0 Å². The summed E-state index contributed by atoms with van der Waals surface area (Å²) in [6.45, 7) is 3.80. The van der Waals surface area contributed by atoms with Gasteiger partial charge in [0.15, 0.2) is 0 Å². The lowest BCUT2D eigenvalue weighted by molar-refractivity contribution is -0.149. The quantitative estimate of drug-likeness (QED) is 0.787. The van der Waals surface area contributed by atoms with Crippen molar-refractivity contribution in [3.63, 3.8) is 0 Å².